The second-order valence-electron chi connectivity index (χ2n) is 5.42. The predicted molar refractivity (Wildman–Crippen MR) is 67.9 cm³/mol. The van der Waals surface area contributed by atoms with Crippen LogP contribution in [0.5, 0.6) is 0 Å². The van der Waals surface area contributed by atoms with E-state index in [0.29, 0.717) is 13.1 Å². The normalized spacial score (nSPS) is 23.8. The van der Waals surface area contributed by atoms with Gasteiger partial charge in [0.15, 0.2) is 0 Å². The maximum Gasteiger partial charge on any atom is 0.326 e. The Morgan fingerprint density at radius 3 is 2.63 bits per heavy atom. The molecular formula is C12H22N2O5. The number of carbonyl (C=O) groups is 2. The summed E-state index contributed by atoms with van der Waals surface area (Å²) in [5.41, 5.74) is -0.454. The van der Waals surface area contributed by atoms with Gasteiger partial charge in [-0.2, -0.15) is 0 Å². The maximum absolute atomic E-state index is 12.0. The van der Waals surface area contributed by atoms with Crippen molar-refractivity contribution in [2.75, 3.05) is 19.7 Å². The third-order valence-corrected chi connectivity index (χ3v) is 2.87. The number of nitrogens with one attached hydrogen (secondary N) is 1. The van der Waals surface area contributed by atoms with Gasteiger partial charge >= 0.3 is 12.0 Å². The van der Waals surface area contributed by atoms with E-state index in [4.69, 9.17) is 14.9 Å². The lowest BCUT2D eigenvalue weighted by molar-refractivity contribution is -0.139. The Morgan fingerprint density at radius 1 is 1.53 bits per heavy atom. The number of amides is 2. The molecule has 1 saturated heterocycles. The average molecular weight is 274 g/mol. The highest BCUT2D eigenvalue weighted by molar-refractivity contribution is 5.82. The molecule has 0 aromatic rings. The number of carbonyl (C=O) groups excluding carboxylic acids is 1. The van der Waals surface area contributed by atoms with E-state index >= 15 is 0 Å². The molecule has 2 atom stereocenters. The molecule has 19 heavy (non-hydrogen) atoms. The fourth-order valence-corrected chi connectivity index (χ4v) is 2.24. The summed E-state index contributed by atoms with van der Waals surface area (Å²) in [5, 5.41) is 20.1. The van der Waals surface area contributed by atoms with Gasteiger partial charge in [0.25, 0.3) is 0 Å². The Bertz CT molecular complexity index is 345. The fourth-order valence-electron chi connectivity index (χ4n) is 2.24. The summed E-state index contributed by atoms with van der Waals surface area (Å²) >= 11 is 0. The minimum Gasteiger partial charge on any atom is -0.480 e. The molecule has 1 fully saturated rings. The molecule has 1 unspecified atom stereocenters. The highest BCUT2D eigenvalue weighted by Gasteiger charge is 2.34. The lowest BCUT2D eigenvalue weighted by Crippen LogP contribution is -2.58. The molecule has 0 aliphatic carbocycles. The molecule has 0 bridgehead atoms. The zero-order valence-electron chi connectivity index (χ0n) is 11.5. The molecule has 1 rings (SSSR count). The SMILES string of the molecule is CC1CN(C(=O)N[C@H](CCO)C(=O)O)CC(C)(C)O1. The minimum atomic E-state index is -1.15. The topological polar surface area (TPSA) is 99.1 Å². The van der Waals surface area contributed by atoms with Crippen molar-refractivity contribution >= 4 is 12.0 Å². The van der Waals surface area contributed by atoms with Crippen LogP contribution in [0.15, 0.2) is 0 Å². The number of hydrogen-bond donors (Lipinski definition) is 3. The number of hydrogen-bond acceptors (Lipinski definition) is 4. The van der Waals surface area contributed by atoms with E-state index in [1.807, 2.05) is 20.8 Å². The number of aliphatic hydroxyl groups excluding tert-OH is 1. The Morgan fingerprint density at radius 2 is 2.16 bits per heavy atom. The van der Waals surface area contributed by atoms with E-state index in [0.717, 1.165) is 0 Å². The van der Waals surface area contributed by atoms with Crippen molar-refractivity contribution in [1.82, 2.24) is 10.2 Å². The number of ether oxygens (including phenoxy) is 1. The highest BCUT2D eigenvalue weighted by Crippen LogP contribution is 2.20. The van der Waals surface area contributed by atoms with Crippen molar-refractivity contribution in [1.29, 1.82) is 0 Å². The summed E-state index contributed by atoms with van der Waals surface area (Å²) in [5.74, 6) is -1.15. The van der Waals surface area contributed by atoms with E-state index in [1.165, 1.54) is 0 Å². The van der Waals surface area contributed by atoms with Gasteiger partial charge in [0.1, 0.15) is 6.04 Å². The Kier molecular flexibility index (Phi) is 5.13. The molecule has 7 nitrogen and oxygen atoms in total. The molecule has 110 valence electrons. The van der Waals surface area contributed by atoms with Crippen LogP contribution in [0.4, 0.5) is 4.79 Å². The van der Waals surface area contributed by atoms with E-state index in [9.17, 15) is 9.59 Å². The van der Waals surface area contributed by atoms with E-state index < -0.39 is 23.6 Å². The summed E-state index contributed by atoms with van der Waals surface area (Å²) in [7, 11) is 0. The lowest BCUT2D eigenvalue weighted by Gasteiger charge is -2.41. The number of nitrogens with zero attached hydrogens (tertiary/aromatic N) is 1. The van der Waals surface area contributed by atoms with E-state index in [1.54, 1.807) is 4.90 Å². The van der Waals surface area contributed by atoms with Gasteiger partial charge in [-0.1, -0.05) is 0 Å². The molecule has 0 aromatic carbocycles. The molecule has 1 aliphatic rings. The molecular weight excluding hydrogens is 252 g/mol. The summed E-state index contributed by atoms with van der Waals surface area (Å²) in [4.78, 5) is 24.5. The number of urea groups is 1. The van der Waals surface area contributed by atoms with Gasteiger partial charge < -0.3 is 25.2 Å². The van der Waals surface area contributed by atoms with Crippen molar-refractivity contribution in [3.63, 3.8) is 0 Å². The number of aliphatic carboxylic acids is 1. The quantitative estimate of drug-likeness (QED) is 0.672. The highest BCUT2D eigenvalue weighted by atomic mass is 16.5. The second kappa shape index (κ2) is 6.21. The number of aliphatic hydroxyl groups is 1. The van der Waals surface area contributed by atoms with Crippen LogP contribution in [0.2, 0.25) is 0 Å². The number of carboxylic acid groups (broad SMARTS) is 1. The zero-order valence-corrected chi connectivity index (χ0v) is 11.5. The summed E-state index contributed by atoms with van der Waals surface area (Å²) < 4.78 is 5.68. The Hall–Kier alpha value is -1.34. The van der Waals surface area contributed by atoms with Crippen LogP contribution in [0, 0.1) is 0 Å². The van der Waals surface area contributed by atoms with Crippen molar-refractivity contribution in [3.05, 3.63) is 0 Å². The smallest absolute Gasteiger partial charge is 0.326 e. The average Bonchev–Trinajstić information content (AvgIpc) is 2.25. The molecule has 1 heterocycles. The second-order valence-corrected chi connectivity index (χ2v) is 5.42. The van der Waals surface area contributed by atoms with Crippen molar-refractivity contribution in [2.45, 2.75) is 44.9 Å². The van der Waals surface area contributed by atoms with Crippen LogP contribution in [0.1, 0.15) is 27.2 Å². The maximum atomic E-state index is 12.0. The van der Waals surface area contributed by atoms with Crippen LogP contribution in [-0.4, -0.2) is 64.6 Å². The third-order valence-electron chi connectivity index (χ3n) is 2.87. The molecule has 2 amide bonds. The monoisotopic (exact) mass is 274 g/mol. The zero-order chi connectivity index (χ0) is 14.6. The first-order valence-electron chi connectivity index (χ1n) is 6.32. The molecule has 0 spiro atoms. The predicted octanol–water partition coefficient (Wildman–Crippen LogP) is 0.0309. The van der Waals surface area contributed by atoms with Gasteiger partial charge in [-0.05, 0) is 20.8 Å². The van der Waals surface area contributed by atoms with Gasteiger partial charge in [-0.25, -0.2) is 9.59 Å². The van der Waals surface area contributed by atoms with Crippen molar-refractivity contribution in [3.8, 4) is 0 Å². The molecule has 7 heteroatoms. The third kappa shape index (κ3) is 4.68. The van der Waals surface area contributed by atoms with Crippen LogP contribution in [-0.2, 0) is 9.53 Å². The van der Waals surface area contributed by atoms with Gasteiger partial charge in [-0.3, -0.25) is 0 Å². The van der Waals surface area contributed by atoms with E-state index in [2.05, 4.69) is 5.32 Å². The summed E-state index contributed by atoms with van der Waals surface area (Å²) in [6.07, 6.45) is -0.111. The van der Waals surface area contributed by atoms with Crippen LogP contribution in [0.3, 0.4) is 0 Å². The summed E-state index contributed by atoms with van der Waals surface area (Å²) in [6.45, 7) is 6.15. The first-order valence-corrected chi connectivity index (χ1v) is 6.32. The molecule has 0 saturated carbocycles. The Balaban J connectivity index is 2.63. The van der Waals surface area contributed by atoms with Gasteiger partial charge in [0.2, 0.25) is 0 Å². The standard InChI is InChI=1S/C12H22N2O5/c1-8-6-14(7-12(2,3)19-8)11(18)13-9(4-5-15)10(16)17/h8-9,15H,4-7H2,1-3H3,(H,13,18)(H,16,17)/t8?,9-/m1/s1. The van der Waals surface area contributed by atoms with Gasteiger partial charge in [-0.15, -0.1) is 0 Å². The van der Waals surface area contributed by atoms with Crippen molar-refractivity contribution in [2.24, 2.45) is 0 Å². The van der Waals surface area contributed by atoms with Gasteiger partial charge in [0.05, 0.1) is 18.2 Å². The number of morpholine rings is 1. The summed E-state index contributed by atoms with van der Waals surface area (Å²) in [6, 6.07) is -1.51. The van der Waals surface area contributed by atoms with Crippen LogP contribution < -0.4 is 5.32 Å². The molecule has 0 radical (unpaired) electrons. The van der Waals surface area contributed by atoms with Crippen LogP contribution in [0.25, 0.3) is 0 Å². The fraction of sp³-hybridized carbons (Fsp3) is 0.833. The molecule has 3 N–H and O–H groups in total. The Labute approximate surface area is 112 Å². The first kappa shape index (κ1) is 15.7. The van der Waals surface area contributed by atoms with Crippen LogP contribution >= 0.6 is 0 Å². The van der Waals surface area contributed by atoms with Crippen molar-refractivity contribution < 1.29 is 24.5 Å². The number of rotatable bonds is 4. The van der Waals surface area contributed by atoms with Gasteiger partial charge in [0, 0.05) is 19.6 Å². The molecule has 0 aromatic heterocycles. The molecule has 1 aliphatic heterocycles. The number of carboxylic acids is 1. The minimum absolute atomic E-state index is 0.00956. The lowest BCUT2D eigenvalue weighted by atomic mass is 10.1. The van der Waals surface area contributed by atoms with E-state index in [-0.39, 0.29) is 19.1 Å². The first-order chi connectivity index (χ1) is 8.75. The largest absolute Gasteiger partial charge is 0.480 e.